The smallest absolute Gasteiger partial charge is 0.280 e. The summed E-state index contributed by atoms with van der Waals surface area (Å²) >= 11 is 0. The zero-order chi connectivity index (χ0) is 16.4. The van der Waals surface area contributed by atoms with Crippen molar-refractivity contribution in [2.75, 3.05) is 6.61 Å². The first-order valence-corrected chi connectivity index (χ1v) is 10.5. The van der Waals surface area contributed by atoms with E-state index in [-0.39, 0.29) is 10.9 Å². The van der Waals surface area contributed by atoms with Crippen molar-refractivity contribution < 1.29 is 14.1 Å². The third-order valence-corrected chi connectivity index (χ3v) is 8.73. The first kappa shape index (κ1) is 16.9. The van der Waals surface area contributed by atoms with E-state index >= 15 is 0 Å². The molecule has 1 heterocycles. The number of nitrogens with zero attached hydrogens (tertiary/aromatic N) is 1. The maximum Gasteiger partial charge on any atom is 0.280 e. The molecular weight excluding hydrogens is 294 g/mol. The van der Waals surface area contributed by atoms with Crippen molar-refractivity contribution in [2.45, 2.75) is 45.1 Å². The SMILES string of the molecule is CC(C)(C)[Si](C)(C)OC1C=CCON1C(=O)c1ccccc1. The lowest BCUT2D eigenvalue weighted by Crippen LogP contribution is -2.51. The zero-order valence-corrected chi connectivity index (χ0v) is 15.0. The Labute approximate surface area is 133 Å². The Morgan fingerprint density at radius 2 is 1.91 bits per heavy atom. The molecule has 0 fully saturated rings. The van der Waals surface area contributed by atoms with Gasteiger partial charge in [0.15, 0.2) is 14.5 Å². The van der Waals surface area contributed by atoms with Crippen LogP contribution in [0, 0.1) is 0 Å². The van der Waals surface area contributed by atoms with Gasteiger partial charge in [-0.25, -0.2) is 0 Å². The van der Waals surface area contributed by atoms with Crippen molar-refractivity contribution >= 4 is 14.2 Å². The van der Waals surface area contributed by atoms with Crippen LogP contribution in [0.3, 0.4) is 0 Å². The van der Waals surface area contributed by atoms with Gasteiger partial charge in [-0.1, -0.05) is 45.0 Å². The van der Waals surface area contributed by atoms with Crippen LogP contribution >= 0.6 is 0 Å². The summed E-state index contributed by atoms with van der Waals surface area (Å²) in [5.74, 6) is -0.173. The molecule has 1 aliphatic heterocycles. The van der Waals surface area contributed by atoms with Crippen LogP contribution in [0.5, 0.6) is 0 Å². The molecule has 5 heteroatoms. The molecule has 0 aromatic heterocycles. The molecule has 4 nitrogen and oxygen atoms in total. The Hall–Kier alpha value is -1.43. The largest absolute Gasteiger partial charge is 0.392 e. The van der Waals surface area contributed by atoms with Crippen LogP contribution in [0.4, 0.5) is 0 Å². The number of hydrogen-bond donors (Lipinski definition) is 0. The maximum atomic E-state index is 12.6. The van der Waals surface area contributed by atoms with Gasteiger partial charge in [-0.15, -0.1) is 0 Å². The second kappa shape index (κ2) is 6.36. The average Bonchev–Trinajstić information content (AvgIpc) is 2.46. The van der Waals surface area contributed by atoms with E-state index in [1.807, 2.05) is 30.4 Å². The molecule has 0 bridgehead atoms. The van der Waals surface area contributed by atoms with Gasteiger partial charge in [-0.3, -0.25) is 9.63 Å². The topological polar surface area (TPSA) is 38.8 Å². The molecule has 0 spiro atoms. The van der Waals surface area contributed by atoms with Crippen LogP contribution in [0.1, 0.15) is 31.1 Å². The van der Waals surface area contributed by atoms with Crippen molar-refractivity contribution in [3.63, 3.8) is 0 Å². The molecule has 0 radical (unpaired) electrons. The molecule has 1 amide bonds. The monoisotopic (exact) mass is 319 g/mol. The molecule has 1 aromatic rings. The molecule has 0 saturated carbocycles. The first-order valence-electron chi connectivity index (χ1n) is 7.58. The van der Waals surface area contributed by atoms with Crippen molar-refractivity contribution in [1.82, 2.24) is 5.06 Å². The molecule has 0 N–H and O–H groups in total. The van der Waals surface area contributed by atoms with E-state index in [4.69, 9.17) is 9.26 Å². The molecule has 0 aliphatic carbocycles. The third kappa shape index (κ3) is 3.66. The summed E-state index contributed by atoms with van der Waals surface area (Å²) in [5, 5.41) is 1.43. The van der Waals surface area contributed by atoms with E-state index in [9.17, 15) is 4.79 Å². The van der Waals surface area contributed by atoms with Crippen molar-refractivity contribution in [1.29, 1.82) is 0 Å². The summed E-state index contributed by atoms with van der Waals surface area (Å²) in [6.45, 7) is 11.2. The minimum Gasteiger partial charge on any atom is -0.392 e. The molecule has 22 heavy (non-hydrogen) atoms. The normalized spacial score (nSPS) is 19.3. The molecule has 1 aliphatic rings. The Kier molecular flexibility index (Phi) is 4.89. The highest BCUT2D eigenvalue weighted by molar-refractivity contribution is 6.74. The van der Waals surface area contributed by atoms with Crippen LogP contribution in [0.15, 0.2) is 42.5 Å². The summed E-state index contributed by atoms with van der Waals surface area (Å²) < 4.78 is 6.33. The van der Waals surface area contributed by atoms with E-state index in [2.05, 4.69) is 33.9 Å². The van der Waals surface area contributed by atoms with Gasteiger partial charge in [0.2, 0.25) is 0 Å². The van der Waals surface area contributed by atoms with Crippen molar-refractivity contribution in [2.24, 2.45) is 0 Å². The molecule has 1 aromatic carbocycles. The fourth-order valence-corrected chi connectivity index (χ4v) is 3.03. The Morgan fingerprint density at radius 1 is 1.27 bits per heavy atom. The number of benzene rings is 1. The fraction of sp³-hybridized carbons (Fsp3) is 0.471. The van der Waals surface area contributed by atoms with Gasteiger partial charge in [0.05, 0.1) is 6.61 Å². The van der Waals surface area contributed by atoms with E-state index < -0.39 is 14.5 Å². The fourth-order valence-electron chi connectivity index (χ4n) is 1.89. The van der Waals surface area contributed by atoms with Crippen LogP contribution in [0.25, 0.3) is 0 Å². The highest BCUT2D eigenvalue weighted by atomic mass is 28.4. The van der Waals surface area contributed by atoms with Gasteiger partial charge < -0.3 is 4.43 Å². The first-order chi connectivity index (χ1) is 10.2. The third-order valence-electron chi connectivity index (χ3n) is 4.28. The van der Waals surface area contributed by atoms with Crippen LogP contribution in [-0.4, -0.2) is 32.1 Å². The van der Waals surface area contributed by atoms with E-state index in [1.165, 1.54) is 5.06 Å². The summed E-state index contributed by atoms with van der Waals surface area (Å²) in [6, 6.07) is 9.14. The average molecular weight is 319 g/mol. The number of amides is 1. The van der Waals surface area contributed by atoms with E-state index in [0.29, 0.717) is 12.2 Å². The van der Waals surface area contributed by atoms with Crippen LogP contribution in [0.2, 0.25) is 18.1 Å². The Morgan fingerprint density at radius 3 is 2.50 bits per heavy atom. The lowest BCUT2D eigenvalue weighted by Gasteiger charge is -2.41. The number of carbonyl (C=O) groups excluding carboxylic acids is 1. The van der Waals surface area contributed by atoms with Crippen LogP contribution in [-0.2, 0) is 9.26 Å². The minimum absolute atomic E-state index is 0.0692. The van der Waals surface area contributed by atoms with Gasteiger partial charge in [-0.2, -0.15) is 5.06 Å². The molecule has 1 atom stereocenters. The zero-order valence-electron chi connectivity index (χ0n) is 14.0. The summed E-state index contributed by atoms with van der Waals surface area (Å²) in [7, 11) is -2.01. The number of rotatable bonds is 3. The molecule has 0 saturated heterocycles. The predicted molar refractivity (Wildman–Crippen MR) is 89.8 cm³/mol. The lowest BCUT2D eigenvalue weighted by molar-refractivity contribution is -0.181. The van der Waals surface area contributed by atoms with E-state index in [0.717, 1.165) is 0 Å². The van der Waals surface area contributed by atoms with Gasteiger partial charge in [-0.05, 0) is 36.3 Å². The van der Waals surface area contributed by atoms with Gasteiger partial charge in [0.1, 0.15) is 0 Å². The lowest BCUT2D eigenvalue weighted by atomic mass is 10.2. The summed E-state index contributed by atoms with van der Waals surface area (Å²) in [4.78, 5) is 18.2. The quantitative estimate of drug-likeness (QED) is 0.625. The van der Waals surface area contributed by atoms with Gasteiger partial charge >= 0.3 is 0 Å². The van der Waals surface area contributed by atoms with E-state index in [1.54, 1.807) is 12.1 Å². The van der Waals surface area contributed by atoms with Crippen molar-refractivity contribution in [3.8, 4) is 0 Å². The predicted octanol–water partition coefficient (Wildman–Crippen LogP) is 3.98. The number of hydrogen-bond acceptors (Lipinski definition) is 3. The molecule has 2 rings (SSSR count). The second-order valence-corrected chi connectivity index (χ2v) is 11.7. The molecular formula is C17H25NO3Si. The second-order valence-electron chi connectivity index (χ2n) is 6.99. The number of hydroxylamine groups is 2. The minimum atomic E-state index is -2.01. The highest BCUT2D eigenvalue weighted by Gasteiger charge is 2.41. The van der Waals surface area contributed by atoms with Crippen LogP contribution < -0.4 is 0 Å². The highest BCUT2D eigenvalue weighted by Crippen LogP contribution is 2.38. The standard InChI is InChI=1S/C17H25NO3Si/c1-17(2,3)22(4,5)21-15-12-9-13-20-18(15)16(19)14-10-7-6-8-11-14/h6-12,15H,13H2,1-5H3. The van der Waals surface area contributed by atoms with Gasteiger partial charge in [0, 0.05) is 5.56 Å². The Balaban J connectivity index is 2.20. The molecule has 1 unspecified atom stereocenters. The Bertz CT molecular complexity index is 549. The van der Waals surface area contributed by atoms with Crippen molar-refractivity contribution in [3.05, 3.63) is 48.0 Å². The maximum absolute atomic E-state index is 12.6. The summed E-state index contributed by atoms with van der Waals surface area (Å²) in [6.07, 6.45) is 3.33. The summed E-state index contributed by atoms with van der Waals surface area (Å²) in [5.41, 5.74) is 0.599. The van der Waals surface area contributed by atoms with Gasteiger partial charge in [0.25, 0.3) is 5.91 Å². The number of carbonyl (C=O) groups is 1. The molecule has 120 valence electrons.